The van der Waals surface area contributed by atoms with Crippen molar-refractivity contribution in [3.63, 3.8) is 0 Å². The summed E-state index contributed by atoms with van der Waals surface area (Å²) in [5.74, 6) is 0.0866. The standard InChI is InChI=1S/C22H22F3N3O3S/c1-14-5-10-19(12-15(14)2)32(29,30)28-11-3-4-17(13-28)21-27-26-20(31-21)16-6-8-18(9-7-16)22(23,24)25/h5-10,12,17H,3-4,11,13H2,1-2H3. The van der Waals surface area contributed by atoms with E-state index in [1.54, 1.807) is 18.2 Å². The Morgan fingerprint density at radius 3 is 2.41 bits per heavy atom. The zero-order valence-corrected chi connectivity index (χ0v) is 18.4. The first-order chi connectivity index (χ1) is 15.1. The van der Waals surface area contributed by atoms with E-state index in [0.717, 1.165) is 23.3 Å². The molecule has 1 aromatic heterocycles. The number of hydrogen-bond acceptors (Lipinski definition) is 5. The van der Waals surface area contributed by atoms with Crippen LogP contribution < -0.4 is 0 Å². The third-order valence-corrected chi connectivity index (χ3v) is 7.61. The van der Waals surface area contributed by atoms with Gasteiger partial charge in [-0.25, -0.2) is 8.42 Å². The minimum atomic E-state index is -4.43. The maximum Gasteiger partial charge on any atom is 0.416 e. The summed E-state index contributed by atoms with van der Waals surface area (Å²) in [6.07, 6.45) is -3.12. The summed E-state index contributed by atoms with van der Waals surface area (Å²) < 4.78 is 71.7. The van der Waals surface area contributed by atoms with E-state index >= 15 is 0 Å². The molecule has 0 amide bonds. The zero-order valence-electron chi connectivity index (χ0n) is 17.6. The highest BCUT2D eigenvalue weighted by Gasteiger charge is 2.34. The van der Waals surface area contributed by atoms with Gasteiger partial charge in [0.25, 0.3) is 0 Å². The van der Waals surface area contributed by atoms with Crippen LogP contribution in [-0.4, -0.2) is 36.0 Å². The number of alkyl halides is 3. The summed E-state index contributed by atoms with van der Waals surface area (Å²) in [7, 11) is -3.67. The lowest BCUT2D eigenvalue weighted by molar-refractivity contribution is -0.137. The number of aromatic nitrogens is 2. The summed E-state index contributed by atoms with van der Waals surface area (Å²) in [5, 5.41) is 8.00. The highest BCUT2D eigenvalue weighted by atomic mass is 32.2. The Morgan fingerprint density at radius 2 is 1.75 bits per heavy atom. The van der Waals surface area contributed by atoms with Crippen LogP contribution in [-0.2, 0) is 16.2 Å². The molecule has 1 atom stereocenters. The number of halogens is 3. The average molecular weight is 465 g/mol. The number of rotatable bonds is 4. The molecule has 0 bridgehead atoms. The van der Waals surface area contributed by atoms with Crippen molar-refractivity contribution in [2.75, 3.05) is 13.1 Å². The average Bonchev–Trinajstić information content (AvgIpc) is 3.25. The summed E-state index contributed by atoms with van der Waals surface area (Å²) in [5.41, 5.74) is 1.52. The lowest BCUT2D eigenvalue weighted by Crippen LogP contribution is -2.39. The maximum atomic E-state index is 13.1. The van der Waals surface area contributed by atoms with Crippen LogP contribution in [0.2, 0.25) is 0 Å². The fraction of sp³-hybridized carbons (Fsp3) is 0.364. The first-order valence-corrected chi connectivity index (χ1v) is 11.6. The summed E-state index contributed by atoms with van der Waals surface area (Å²) in [6, 6.07) is 9.53. The van der Waals surface area contributed by atoms with Gasteiger partial charge in [-0.2, -0.15) is 17.5 Å². The number of hydrogen-bond donors (Lipinski definition) is 0. The van der Waals surface area contributed by atoms with Gasteiger partial charge in [0.05, 0.1) is 16.4 Å². The molecule has 2 heterocycles. The third kappa shape index (κ3) is 4.42. The van der Waals surface area contributed by atoms with Crippen LogP contribution in [0.15, 0.2) is 51.8 Å². The molecule has 6 nitrogen and oxygen atoms in total. The molecule has 0 N–H and O–H groups in total. The molecule has 1 fully saturated rings. The Balaban J connectivity index is 1.53. The van der Waals surface area contributed by atoms with Crippen LogP contribution in [0.1, 0.15) is 41.3 Å². The number of piperidine rings is 1. The SMILES string of the molecule is Cc1ccc(S(=O)(=O)N2CCCC(c3nnc(-c4ccc(C(F)(F)F)cc4)o3)C2)cc1C. The lowest BCUT2D eigenvalue weighted by atomic mass is 10.00. The molecule has 32 heavy (non-hydrogen) atoms. The van der Waals surface area contributed by atoms with E-state index in [-0.39, 0.29) is 29.1 Å². The predicted octanol–water partition coefficient (Wildman–Crippen LogP) is 4.94. The number of nitrogens with zero attached hydrogens (tertiary/aromatic N) is 3. The van der Waals surface area contributed by atoms with Gasteiger partial charge in [-0.3, -0.25) is 0 Å². The summed E-state index contributed by atoms with van der Waals surface area (Å²) in [4.78, 5) is 0.247. The molecule has 4 rings (SSSR count). The van der Waals surface area contributed by atoms with Crippen molar-refractivity contribution in [3.8, 4) is 11.5 Å². The van der Waals surface area contributed by atoms with Gasteiger partial charge in [-0.05, 0) is 74.2 Å². The monoisotopic (exact) mass is 465 g/mol. The topological polar surface area (TPSA) is 76.3 Å². The molecule has 1 aliphatic rings. The molecular weight excluding hydrogens is 443 g/mol. The van der Waals surface area contributed by atoms with E-state index < -0.39 is 21.8 Å². The van der Waals surface area contributed by atoms with E-state index in [1.807, 2.05) is 13.8 Å². The van der Waals surface area contributed by atoms with E-state index in [9.17, 15) is 21.6 Å². The Hall–Kier alpha value is -2.72. The van der Waals surface area contributed by atoms with Crippen molar-refractivity contribution >= 4 is 10.0 Å². The van der Waals surface area contributed by atoms with E-state index in [1.165, 1.54) is 16.4 Å². The van der Waals surface area contributed by atoms with E-state index in [2.05, 4.69) is 10.2 Å². The van der Waals surface area contributed by atoms with Gasteiger partial charge in [0.1, 0.15) is 0 Å². The Labute approximate surface area is 184 Å². The zero-order chi connectivity index (χ0) is 23.1. The van der Waals surface area contributed by atoms with Crippen LogP contribution in [0.25, 0.3) is 11.5 Å². The molecule has 1 saturated heterocycles. The molecule has 0 radical (unpaired) electrons. The minimum absolute atomic E-state index is 0.0999. The molecule has 10 heteroatoms. The first kappa shape index (κ1) is 22.5. The molecule has 170 valence electrons. The summed E-state index contributed by atoms with van der Waals surface area (Å²) in [6.45, 7) is 4.39. The van der Waals surface area contributed by atoms with Crippen LogP contribution in [0.3, 0.4) is 0 Å². The van der Waals surface area contributed by atoms with E-state index in [4.69, 9.17) is 4.42 Å². The normalized spacial score (nSPS) is 18.1. The second-order valence-electron chi connectivity index (χ2n) is 7.97. The van der Waals surface area contributed by atoms with Gasteiger partial charge < -0.3 is 4.42 Å². The molecule has 2 aromatic carbocycles. The second kappa shape index (κ2) is 8.32. The van der Waals surface area contributed by atoms with Crippen molar-refractivity contribution in [2.45, 2.75) is 43.7 Å². The van der Waals surface area contributed by atoms with Crippen LogP contribution >= 0.6 is 0 Å². The molecule has 0 spiro atoms. The lowest BCUT2D eigenvalue weighted by Gasteiger charge is -2.30. The van der Waals surface area contributed by atoms with Gasteiger partial charge in [-0.1, -0.05) is 6.07 Å². The fourth-order valence-electron chi connectivity index (χ4n) is 3.70. The Morgan fingerprint density at radius 1 is 1.03 bits per heavy atom. The molecular formula is C22H22F3N3O3S. The van der Waals surface area contributed by atoms with E-state index in [0.29, 0.717) is 24.9 Å². The third-order valence-electron chi connectivity index (χ3n) is 5.75. The highest BCUT2D eigenvalue weighted by molar-refractivity contribution is 7.89. The summed E-state index contributed by atoms with van der Waals surface area (Å²) >= 11 is 0. The quantitative estimate of drug-likeness (QED) is 0.546. The van der Waals surface area contributed by atoms with Gasteiger partial charge in [0, 0.05) is 18.7 Å². The van der Waals surface area contributed by atoms with Crippen LogP contribution in [0.4, 0.5) is 13.2 Å². The van der Waals surface area contributed by atoms with Crippen molar-refractivity contribution in [1.29, 1.82) is 0 Å². The minimum Gasteiger partial charge on any atom is -0.420 e. The second-order valence-corrected chi connectivity index (χ2v) is 9.91. The Kier molecular flexibility index (Phi) is 5.85. The van der Waals surface area contributed by atoms with Crippen molar-refractivity contribution in [1.82, 2.24) is 14.5 Å². The smallest absolute Gasteiger partial charge is 0.416 e. The van der Waals surface area contributed by atoms with Gasteiger partial charge in [0.15, 0.2) is 0 Å². The Bertz CT molecular complexity index is 1220. The number of benzene rings is 2. The highest BCUT2D eigenvalue weighted by Crippen LogP contribution is 2.33. The van der Waals surface area contributed by atoms with Crippen molar-refractivity contribution in [2.24, 2.45) is 0 Å². The first-order valence-electron chi connectivity index (χ1n) is 10.1. The fourth-order valence-corrected chi connectivity index (χ4v) is 5.31. The number of aryl methyl sites for hydroxylation is 2. The predicted molar refractivity (Wildman–Crippen MR) is 111 cm³/mol. The van der Waals surface area contributed by atoms with Crippen LogP contribution in [0, 0.1) is 13.8 Å². The molecule has 1 unspecified atom stereocenters. The molecule has 0 aliphatic carbocycles. The van der Waals surface area contributed by atoms with Gasteiger partial charge in [0.2, 0.25) is 21.8 Å². The molecule has 1 aliphatic heterocycles. The molecule has 0 saturated carbocycles. The van der Waals surface area contributed by atoms with Crippen molar-refractivity contribution in [3.05, 3.63) is 65.0 Å². The maximum absolute atomic E-state index is 13.1. The van der Waals surface area contributed by atoms with Gasteiger partial charge in [-0.15, -0.1) is 10.2 Å². The number of sulfonamides is 1. The van der Waals surface area contributed by atoms with Gasteiger partial charge >= 0.3 is 6.18 Å². The van der Waals surface area contributed by atoms with Crippen LogP contribution in [0.5, 0.6) is 0 Å². The van der Waals surface area contributed by atoms with Crippen molar-refractivity contribution < 1.29 is 26.0 Å². The largest absolute Gasteiger partial charge is 0.420 e. The molecule has 3 aromatic rings.